The highest BCUT2D eigenvalue weighted by Crippen LogP contribution is 2.33. The summed E-state index contributed by atoms with van der Waals surface area (Å²) in [7, 11) is 0. The summed E-state index contributed by atoms with van der Waals surface area (Å²) in [5.41, 5.74) is 0.246. The van der Waals surface area contributed by atoms with E-state index in [-0.39, 0.29) is 36.9 Å². The smallest absolute Gasteiger partial charge is 0.222 e. The summed E-state index contributed by atoms with van der Waals surface area (Å²) < 4.78 is 0. The lowest BCUT2D eigenvalue weighted by molar-refractivity contribution is -0.124. The lowest BCUT2D eigenvalue weighted by Crippen LogP contribution is -2.57. The zero-order chi connectivity index (χ0) is 17.9. The fourth-order valence-electron chi connectivity index (χ4n) is 3.27. The summed E-state index contributed by atoms with van der Waals surface area (Å²) in [6, 6.07) is 5.38. The maximum atomic E-state index is 11.9. The average molecular weight is 343 g/mol. The number of nitriles is 1. The molecule has 0 aromatic carbocycles. The van der Waals surface area contributed by atoms with Gasteiger partial charge in [-0.3, -0.25) is 9.59 Å². The molecule has 1 saturated carbocycles. The van der Waals surface area contributed by atoms with Crippen molar-refractivity contribution in [1.29, 1.82) is 5.26 Å². The highest BCUT2D eigenvalue weighted by Gasteiger charge is 2.42. The maximum Gasteiger partial charge on any atom is 0.222 e. The van der Waals surface area contributed by atoms with Gasteiger partial charge >= 0.3 is 0 Å². The third kappa shape index (κ3) is 4.45. The van der Waals surface area contributed by atoms with Crippen molar-refractivity contribution in [1.82, 2.24) is 15.6 Å². The summed E-state index contributed by atoms with van der Waals surface area (Å²) in [6.07, 6.45) is 4.04. The first-order valence-corrected chi connectivity index (χ1v) is 8.37. The number of nitrogens with one attached hydrogen (secondary N) is 3. The van der Waals surface area contributed by atoms with E-state index < -0.39 is 5.60 Å². The van der Waals surface area contributed by atoms with Crippen LogP contribution in [0.4, 0.5) is 5.69 Å². The predicted molar refractivity (Wildman–Crippen MR) is 89.3 cm³/mol. The minimum atomic E-state index is -0.910. The van der Waals surface area contributed by atoms with Gasteiger partial charge in [-0.2, -0.15) is 5.26 Å². The van der Waals surface area contributed by atoms with Gasteiger partial charge in [0.15, 0.2) is 0 Å². The largest absolute Gasteiger partial charge is 0.388 e. The molecule has 1 unspecified atom stereocenters. The van der Waals surface area contributed by atoms with Crippen molar-refractivity contribution in [2.75, 3.05) is 11.9 Å². The molecule has 1 aromatic heterocycles. The van der Waals surface area contributed by atoms with Gasteiger partial charge in [-0.05, 0) is 31.4 Å². The number of carbonyl (C=O) groups excluding carboxylic acids is 2. The van der Waals surface area contributed by atoms with Gasteiger partial charge in [-0.1, -0.05) is 0 Å². The maximum absolute atomic E-state index is 11.9. The highest BCUT2D eigenvalue weighted by molar-refractivity contribution is 5.81. The van der Waals surface area contributed by atoms with Crippen LogP contribution in [0.2, 0.25) is 0 Å². The van der Waals surface area contributed by atoms with Crippen LogP contribution in [0.5, 0.6) is 0 Å². The highest BCUT2D eigenvalue weighted by atomic mass is 16.3. The number of pyridine rings is 1. The number of nitrogens with zero attached hydrogens (tertiary/aromatic N) is 2. The molecule has 1 aliphatic heterocycles. The van der Waals surface area contributed by atoms with Gasteiger partial charge in [0.2, 0.25) is 11.8 Å². The quantitative estimate of drug-likeness (QED) is 0.578. The van der Waals surface area contributed by atoms with Crippen molar-refractivity contribution in [3.8, 4) is 6.07 Å². The zero-order valence-electron chi connectivity index (χ0n) is 13.8. The van der Waals surface area contributed by atoms with Gasteiger partial charge in [0, 0.05) is 31.5 Å². The van der Waals surface area contributed by atoms with Gasteiger partial charge in [-0.15, -0.1) is 0 Å². The van der Waals surface area contributed by atoms with Gasteiger partial charge in [0.25, 0.3) is 0 Å². The van der Waals surface area contributed by atoms with Crippen molar-refractivity contribution >= 4 is 17.5 Å². The standard InChI is InChI=1S/C17H21N5O3/c18-8-12-1-2-13(9-19-12)21-14-6-17(25,7-14)10-20-16(24)5-11-3-4-15(23)22-11/h1-2,9,11,14,21,25H,3-7,10H2,(H,20,24)(H,22,23). The Morgan fingerprint density at radius 3 is 2.88 bits per heavy atom. The zero-order valence-corrected chi connectivity index (χ0v) is 13.8. The third-order valence-corrected chi connectivity index (χ3v) is 4.63. The van der Waals surface area contributed by atoms with E-state index in [1.54, 1.807) is 18.3 Å². The van der Waals surface area contributed by atoms with Gasteiger partial charge in [-0.25, -0.2) is 4.98 Å². The number of aliphatic hydroxyl groups is 1. The first-order valence-electron chi connectivity index (χ1n) is 8.37. The molecule has 4 N–H and O–H groups in total. The van der Waals surface area contributed by atoms with Crippen molar-refractivity contribution in [2.45, 2.75) is 49.8 Å². The van der Waals surface area contributed by atoms with Crippen molar-refractivity contribution in [2.24, 2.45) is 0 Å². The lowest BCUT2D eigenvalue weighted by Gasteiger charge is -2.44. The van der Waals surface area contributed by atoms with Crippen LogP contribution < -0.4 is 16.0 Å². The second kappa shape index (κ2) is 7.07. The van der Waals surface area contributed by atoms with E-state index >= 15 is 0 Å². The van der Waals surface area contributed by atoms with E-state index in [4.69, 9.17) is 5.26 Å². The van der Waals surface area contributed by atoms with Gasteiger partial charge in [0.1, 0.15) is 11.8 Å². The number of anilines is 1. The Morgan fingerprint density at radius 1 is 1.48 bits per heavy atom. The van der Waals surface area contributed by atoms with Crippen molar-refractivity contribution < 1.29 is 14.7 Å². The molecule has 1 atom stereocenters. The normalized spacial score (nSPS) is 27.8. The van der Waals surface area contributed by atoms with Crippen LogP contribution in [0.3, 0.4) is 0 Å². The molecule has 2 fully saturated rings. The Kier molecular flexibility index (Phi) is 4.86. The Balaban J connectivity index is 1.37. The van der Waals surface area contributed by atoms with E-state index in [0.717, 1.165) is 5.69 Å². The second-order valence-electron chi connectivity index (χ2n) is 6.80. The monoisotopic (exact) mass is 343 g/mol. The first-order chi connectivity index (χ1) is 12.0. The summed E-state index contributed by atoms with van der Waals surface area (Å²) in [5, 5.41) is 27.9. The number of rotatable bonds is 6. The summed E-state index contributed by atoms with van der Waals surface area (Å²) in [6.45, 7) is 0.205. The van der Waals surface area contributed by atoms with E-state index in [2.05, 4.69) is 20.9 Å². The predicted octanol–water partition coefficient (Wildman–Crippen LogP) is 0.0436. The van der Waals surface area contributed by atoms with Crippen LogP contribution in [0.1, 0.15) is 37.8 Å². The molecule has 3 rings (SSSR count). The van der Waals surface area contributed by atoms with Crippen LogP contribution in [0, 0.1) is 11.3 Å². The van der Waals surface area contributed by atoms with Crippen molar-refractivity contribution in [3.63, 3.8) is 0 Å². The molecule has 8 nitrogen and oxygen atoms in total. The van der Waals surface area contributed by atoms with E-state index in [1.807, 2.05) is 6.07 Å². The van der Waals surface area contributed by atoms with Crippen LogP contribution in [0.15, 0.2) is 18.3 Å². The summed E-state index contributed by atoms with van der Waals surface area (Å²) in [4.78, 5) is 27.0. The Labute approximate surface area is 145 Å². The molecular formula is C17H21N5O3. The second-order valence-corrected chi connectivity index (χ2v) is 6.80. The Morgan fingerprint density at radius 2 is 2.28 bits per heavy atom. The molecule has 0 bridgehead atoms. The molecule has 8 heteroatoms. The van der Waals surface area contributed by atoms with Gasteiger partial charge in [0.05, 0.1) is 17.5 Å². The van der Waals surface area contributed by atoms with Crippen molar-refractivity contribution in [3.05, 3.63) is 24.0 Å². The molecule has 1 aliphatic carbocycles. The van der Waals surface area contributed by atoms with E-state index in [0.29, 0.717) is 31.4 Å². The molecule has 1 aromatic rings. The molecule has 25 heavy (non-hydrogen) atoms. The van der Waals surface area contributed by atoms with E-state index in [1.165, 1.54) is 0 Å². The Bertz CT molecular complexity index is 691. The summed E-state index contributed by atoms with van der Waals surface area (Å²) >= 11 is 0. The lowest BCUT2D eigenvalue weighted by atomic mass is 9.75. The minimum absolute atomic E-state index is 0.0124. The van der Waals surface area contributed by atoms with Crippen LogP contribution >= 0.6 is 0 Å². The number of aromatic nitrogens is 1. The van der Waals surface area contributed by atoms with Crippen LogP contribution in [-0.2, 0) is 9.59 Å². The van der Waals surface area contributed by atoms with Gasteiger partial charge < -0.3 is 21.1 Å². The van der Waals surface area contributed by atoms with Crippen LogP contribution in [0.25, 0.3) is 0 Å². The molecule has 2 heterocycles. The number of hydrogen-bond acceptors (Lipinski definition) is 6. The molecule has 0 spiro atoms. The molecule has 2 amide bonds. The van der Waals surface area contributed by atoms with E-state index in [9.17, 15) is 14.7 Å². The topological polar surface area (TPSA) is 127 Å². The molecule has 1 saturated heterocycles. The SMILES string of the molecule is N#Cc1ccc(NC2CC(O)(CNC(=O)CC3CCC(=O)N3)C2)cn1. The number of hydrogen-bond donors (Lipinski definition) is 4. The summed E-state index contributed by atoms with van der Waals surface area (Å²) in [5.74, 6) is -0.171. The Hall–Kier alpha value is -2.66. The molecule has 2 aliphatic rings. The molecule has 132 valence electrons. The number of amides is 2. The first kappa shape index (κ1) is 17.2. The third-order valence-electron chi connectivity index (χ3n) is 4.63. The number of carbonyl (C=O) groups is 2. The van der Waals surface area contributed by atoms with Crippen LogP contribution in [-0.4, -0.2) is 46.1 Å². The molecular weight excluding hydrogens is 322 g/mol. The molecule has 0 radical (unpaired) electrons. The fourth-order valence-corrected chi connectivity index (χ4v) is 3.27. The fraction of sp³-hybridized carbons (Fsp3) is 0.529. The minimum Gasteiger partial charge on any atom is -0.388 e. The average Bonchev–Trinajstić information content (AvgIpc) is 2.97.